The third-order valence-electron chi connectivity index (χ3n) is 3.45. The summed E-state index contributed by atoms with van der Waals surface area (Å²) in [5.41, 5.74) is 0. The average molecular weight is 342 g/mol. The molecule has 0 unspecified atom stereocenters. The van der Waals surface area contributed by atoms with E-state index in [1.54, 1.807) is 11.8 Å². The molecule has 0 saturated heterocycles. The van der Waals surface area contributed by atoms with Crippen LogP contribution >= 0.6 is 11.8 Å². The van der Waals surface area contributed by atoms with Crippen LogP contribution in [0.25, 0.3) is 0 Å². The van der Waals surface area contributed by atoms with Crippen LogP contribution in [-0.4, -0.2) is 40.1 Å². The summed E-state index contributed by atoms with van der Waals surface area (Å²) in [6, 6.07) is -0.0745. The van der Waals surface area contributed by atoms with Gasteiger partial charge < -0.3 is 15.2 Å². The van der Waals surface area contributed by atoms with E-state index in [0.717, 1.165) is 49.8 Å². The van der Waals surface area contributed by atoms with Gasteiger partial charge in [0.15, 0.2) is 5.16 Å². The van der Waals surface area contributed by atoms with Crippen LogP contribution < -0.4 is 10.6 Å². The lowest BCUT2D eigenvalue weighted by Gasteiger charge is -2.12. The molecule has 2 amide bonds. The molecule has 1 aromatic heterocycles. The first kappa shape index (κ1) is 19.8. The number of unbranched alkanes of at least 4 members (excludes halogenated alkanes) is 2. The fourth-order valence-electron chi connectivity index (χ4n) is 2.29. The number of carbonyl (C=O) groups excluding carboxylic acids is 1. The Morgan fingerprint density at radius 1 is 1.17 bits per heavy atom. The Morgan fingerprint density at radius 2 is 1.87 bits per heavy atom. The molecule has 1 rings (SSSR count). The molecule has 0 saturated carbocycles. The van der Waals surface area contributed by atoms with E-state index in [4.69, 9.17) is 0 Å². The number of amides is 2. The maximum atomic E-state index is 11.6. The highest BCUT2D eigenvalue weighted by atomic mass is 32.2. The van der Waals surface area contributed by atoms with E-state index in [9.17, 15) is 4.79 Å². The molecule has 0 aliphatic rings. The summed E-state index contributed by atoms with van der Waals surface area (Å²) >= 11 is 1.62. The third-order valence-corrected chi connectivity index (χ3v) is 4.12. The van der Waals surface area contributed by atoms with Gasteiger partial charge in [0.25, 0.3) is 0 Å². The lowest BCUT2D eigenvalue weighted by molar-refractivity contribution is 0.240. The predicted molar refractivity (Wildman–Crippen MR) is 95.9 cm³/mol. The quantitative estimate of drug-likeness (QED) is 0.479. The van der Waals surface area contributed by atoms with Crippen molar-refractivity contribution in [3.63, 3.8) is 0 Å². The molecule has 1 heterocycles. The van der Waals surface area contributed by atoms with Crippen molar-refractivity contribution < 1.29 is 4.79 Å². The van der Waals surface area contributed by atoms with Gasteiger partial charge in [-0.1, -0.05) is 45.4 Å². The predicted octanol–water partition coefficient (Wildman–Crippen LogP) is 3.08. The highest BCUT2D eigenvalue weighted by Gasteiger charge is 2.12. The second kappa shape index (κ2) is 11.3. The molecule has 2 N–H and O–H groups in total. The second-order valence-electron chi connectivity index (χ2n) is 6.10. The van der Waals surface area contributed by atoms with E-state index >= 15 is 0 Å². The molecule has 0 fully saturated rings. The van der Waals surface area contributed by atoms with Gasteiger partial charge in [-0.3, -0.25) is 0 Å². The molecule has 1 aromatic rings. The zero-order valence-corrected chi connectivity index (χ0v) is 15.7. The Morgan fingerprint density at radius 3 is 2.48 bits per heavy atom. The first-order valence-corrected chi connectivity index (χ1v) is 9.78. The average Bonchev–Trinajstić information content (AvgIpc) is 2.89. The van der Waals surface area contributed by atoms with Crippen molar-refractivity contribution in [2.24, 2.45) is 5.92 Å². The summed E-state index contributed by atoms with van der Waals surface area (Å²) < 4.78 is 2.19. The molecule has 0 bridgehead atoms. The number of hydrogen-bond acceptors (Lipinski definition) is 4. The van der Waals surface area contributed by atoms with E-state index in [1.807, 2.05) is 6.26 Å². The van der Waals surface area contributed by atoms with Crippen LogP contribution in [-0.2, 0) is 13.0 Å². The van der Waals surface area contributed by atoms with E-state index < -0.39 is 0 Å². The summed E-state index contributed by atoms with van der Waals surface area (Å²) in [6.45, 7) is 8.88. The number of carbonyl (C=O) groups is 1. The Kier molecular flexibility index (Phi) is 9.75. The van der Waals surface area contributed by atoms with Crippen molar-refractivity contribution in [2.75, 3.05) is 19.3 Å². The van der Waals surface area contributed by atoms with Gasteiger partial charge in [-0.05, 0) is 25.0 Å². The van der Waals surface area contributed by atoms with Gasteiger partial charge in [-0.25, -0.2) is 4.79 Å². The van der Waals surface area contributed by atoms with E-state index in [-0.39, 0.29) is 6.03 Å². The lowest BCUT2D eigenvalue weighted by atomic mass is 10.2. The standard InChI is InChI=1S/C16H31N5OS/c1-5-6-7-10-17-15(22)18-11-8-9-14-19-20-16(23-4)21(14)12-13(2)3/h13H,5-12H2,1-4H3,(H2,17,18,22). The van der Waals surface area contributed by atoms with Crippen LogP contribution in [0.5, 0.6) is 0 Å². The first-order valence-electron chi connectivity index (χ1n) is 8.56. The molecule has 0 atom stereocenters. The number of urea groups is 1. The largest absolute Gasteiger partial charge is 0.338 e. The van der Waals surface area contributed by atoms with Crippen LogP contribution in [0, 0.1) is 5.92 Å². The summed E-state index contributed by atoms with van der Waals surface area (Å²) in [6.07, 6.45) is 7.08. The van der Waals surface area contributed by atoms with E-state index in [2.05, 4.69) is 46.2 Å². The second-order valence-corrected chi connectivity index (χ2v) is 6.87. The zero-order valence-electron chi connectivity index (χ0n) is 14.9. The van der Waals surface area contributed by atoms with E-state index in [1.165, 1.54) is 6.42 Å². The Hall–Kier alpha value is -1.24. The van der Waals surface area contributed by atoms with Crippen molar-refractivity contribution >= 4 is 17.8 Å². The van der Waals surface area contributed by atoms with Crippen molar-refractivity contribution in [2.45, 2.75) is 64.6 Å². The number of hydrogen-bond donors (Lipinski definition) is 2. The topological polar surface area (TPSA) is 71.8 Å². The molecule has 0 aliphatic heterocycles. The molecule has 23 heavy (non-hydrogen) atoms. The van der Waals surface area contributed by atoms with Crippen LogP contribution in [0.3, 0.4) is 0 Å². The monoisotopic (exact) mass is 341 g/mol. The normalized spacial score (nSPS) is 11.0. The minimum absolute atomic E-state index is 0.0745. The van der Waals surface area contributed by atoms with Crippen LogP contribution in [0.2, 0.25) is 0 Å². The van der Waals surface area contributed by atoms with E-state index in [0.29, 0.717) is 12.5 Å². The molecule has 0 radical (unpaired) electrons. The van der Waals surface area contributed by atoms with Gasteiger partial charge in [0.05, 0.1) is 0 Å². The smallest absolute Gasteiger partial charge is 0.314 e. The summed E-state index contributed by atoms with van der Waals surface area (Å²) in [5, 5.41) is 15.3. The minimum atomic E-state index is -0.0745. The molecule has 132 valence electrons. The molecular formula is C16H31N5OS. The molecular weight excluding hydrogens is 310 g/mol. The highest BCUT2D eigenvalue weighted by molar-refractivity contribution is 7.98. The Labute approximate surface area is 144 Å². The maximum absolute atomic E-state index is 11.6. The van der Waals surface area contributed by atoms with Crippen molar-refractivity contribution in [1.29, 1.82) is 0 Å². The van der Waals surface area contributed by atoms with Gasteiger partial charge in [-0.2, -0.15) is 0 Å². The fourth-order valence-corrected chi connectivity index (χ4v) is 2.81. The van der Waals surface area contributed by atoms with Gasteiger partial charge in [-0.15, -0.1) is 10.2 Å². The molecule has 0 spiro atoms. The fraction of sp³-hybridized carbons (Fsp3) is 0.812. The van der Waals surface area contributed by atoms with Crippen molar-refractivity contribution in [3.05, 3.63) is 5.82 Å². The van der Waals surface area contributed by atoms with Crippen LogP contribution in [0.1, 0.15) is 52.3 Å². The number of rotatable bonds is 11. The first-order chi connectivity index (χ1) is 11.1. The van der Waals surface area contributed by atoms with Crippen LogP contribution in [0.4, 0.5) is 4.79 Å². The van der Waals surface area contributed by atoms with Gasteiger partial charge in [0.1, 0.15) is 5.82 Å². The number of nitrogens with one attached hydrogen (secondary N) is 2. The number of aromatic nitrogens is 3. The number of thioether (sulfide) groups is 1. The van der Waals surface area contributed by atoms with Gasteiger partial charge >= 0.3 is 6.03 Å². The van der Waals surface area contributed by atoms with Gasteiger partial charge in [0, 0.05) is 26.1 Å². The summed E-state index contributed by atoms with van der Waals surface area (Å²) in [5.74, 6) is 1.57. The molecule has 6 nitrogen and oxygen atoms in total. The summed E-state index contributed by atoms with van der Waals surface area (Å²) in [7, 11) is 0. The zero-order chi connectivity index (χ0) is 17.1. The molecule has 0 aromatic carbocycles. The summed E-state index contributed by atoms with van der Waals surface area (Å²) in [4.78, 5) is 11.6. The Balaban J connectivity index is 2.30. The SMILES string of the molecule is CCCCCNC(=O)NCCCc1nnc(SC)n1CC(C)C. The molecule has 7 heteroatoms. The number of nitrogens with zero attached hydrogens (tertiary/aromatic N) is 3. The lowest BCUT2D eigenvalue weighted by Crippen LogP contribution is -2.36. The maximum Gasteiger partial charge on any atom is 0.314 e. The minimum Gasteiger partial charge on any atom is -0.338 e. The van der Waals surface area contributed by atoms with Crippen LogP contribution in [0.15, 0.2) is 5.16 Å². The Bertz CT molecular complexity index is 461. The van der Waals surface area contributed by atoms with Crippen molar-refractivity contribution in [3.8, 4) is 0 Å². The van der Waals surface area contributed by atoms with Crippen molar-refractivity contribution in [1.82, 2.24) is 25.4 Å². The third kappa shape index (κ3) is 7.72. The van der Waals surface area contributed by atoms with Gasteiger partial charge in [0.2, 0.25) is 0 Å². The highest BCUT2D eigenvalue weighted by Crippen LogP contribution is 2.16. The number of aryl methyl sites for hydroxylation is 1. The molecule has 0 aliphatic carbocycles.